The van der Waals surface area contributed by atoms with Crippen LogP contribution in [0.3, 0.4) is 0 Å². The second-order valence-corrected chi connectivity index (χ2v) is 17.3. The molecule has 0 saturated carbocycles. The largest absolute Gasteiger partial charge is 0.456 e. The molecule has 1 N–H and O–H groups in total. The zero-order valence-corrected chi connectivity index (χ0v) is 28.6. The van der Waals surface area contributed by atoms with Crippen molar-refractivity contribution in [1.29, 1.82) is 0 Å². The Bertz CT molecular complexity index is 1860. The van der Waals surface area contributed by atoms with Crippen LogP contribution < -0.4 is 25.4 Å². The minimum absolute atomic E-state index is 0.475. The monoisotopic (exact) mass is 671 g/mol. The Hall–Kier alpha value is -3.77. The van der Waals surface area contributed by atoms with Crippen molar-refractivity contribution in [2.45, 2.75) is 57.0 Å². The van der Waals surface area contributed by atoms with E-state index in [2.05, 4.69) is 85.3 Å². The molecule has 8 heteroatoms. The quantitative estimate of drug-likeness (QED) is 0.176. The zero-order valence-electron chi connectivity index (χ0n) is 26.9. The van der Waals surface area contributed by atoms with Gasteiger partial charge in [0.1, 0.15) is 11.5 Å². The minimum Gasteiger partial charge on any atom is -0.456 e. The maximum absolute atomic E-state index is 13.6. The maximum Gasteiger partial charge on any atom is 0.416 e. The summed E-state index contributed by atoms with van der Waals surface area (Å²) in [4.78, 5) is 0. The molecule has 0 fully saturated rings. The number of hydrogen-bond acceptors (Lipinski definition) is 2. The van der Waals surface area contributed by atoms with Gasteiger partial charge in [0.2, 0.25) is 0 Å². The van der Waals surface area contributed by atoms with Gasteiger partial charge in [-0.1, -0.05) is 123 Å². The minimum atomic E-state index is -4.47. The molecule has 0 bridgehead atoms. The fourth-order valence-electron chi connectivity index (χ4n) is 5.98. The van der Waals surface area contributed by atoms with Crippen LogP contribution in [0, 0.1) is 0 Å². The van der Waals surface area contributed by atoms with Crippen LogP contribution >= 0.6 is 7.92 Å². The second-order valence-electron chi connectivity index (χ2n) is 13.2. The summed E-state index contributed by atoms with van der Waals surface area (Å²) in [5.41, 5.74) is 2.05. The first-order valence-corrected chi connectivity index (χ1v) is 18.0. The summed E-state index contributed by atoms with van der Waals surface area (Å²) in [6.45, 7) is 9.91. The van der Waals surface area contributed by atoms with E-state index in [1.807, 2.05) is 51.1 Å². The van der Waals surface area contributed by atoms with Crippen molar-refractivity contribution in [2.24, 2.45) is 0 Å². The molecule has 242 valence electrons. The van der Waals surface area contributed by atoms with Gasteiger partial charge in [-0.15, -0.1) is 0 Å². The van der Waals surface area contributed by atoms with E-state index in [1.54, 1.807) is 0 Å². The molecule has 0 saturated heterocycles. The number of para-hydroxylation sites is 2. The van der Waals surface area contributed by atoms with Gasteiger partial charge >= 0.3 is 6.18 Å². The van der Waals surface area contributed by atoms with E-state index >= 15 is 0 Å². The van der Waals surface area contributed by atoms with Crippen LogP contribution in [0.15, 0.2) is 121 Å². The molecule has 3 nitrogen and oxygen atoms in total. The topological polar surface area (TPSA) is 38.3 Å². The second kappa shape index (κ2) is 12.7. The third-order valence-corrected chi connectivity index (χ3v) is 12.5. The Kier molecular flexibility index (Phi) is 8.94. The third kappa shape index (κ3) is 6.54. The van der Waals surface area contributed by atoms with E-state index in [0.29, 0.717) is 16.9 Å². The van der Waals surface area contributed by atoms with Gasteiger partial charge in [-0.2, -0.15) is 13.2 Å². The highest BCUT2D eigenvalue weighted by Gasteiger charge is 2.40. The number of halogens is 3. The van der Waals surface area contributed by atoms with Crippen molar-refractivity contribution < 1.29 is 22.1 Å². The molecule has 47 heavy (non-hydrogen) atoms. The molecular weight excluding hydrogens is 634 g/mol. The molecule has 6 rings (SSSR count). The lowest BCUT2D eigenvalue weighted by atomic mass is 9.74. The van der Waals surface area contributed by atoms with Gasteiger partial charge in [-0.25, -0.2) is 8.93 Å². The molecule has 0 radical (unpaired) electrons. The first kappa shape index (κ1) is 33.1. The van der Waals surface area contributed by atoms with Gasteiger partial charge in [-0.05, 0) is 57.0 Å². The van der Waals surface area contributed by atoms with E-state index in [-0.39, 0.29) is 0 Å². The van der Waals surface area contributed by atoms with Gasteiger partial charge in [0, 0.05) is 27.4 Å². The average molecular weight is 672 g/mol. The highest BCUT2D eigenvalue weighted by atomic mass is 32.2. The molecule has 1 unspecified atom stereocenters. The van der Waals surface area contributed by atoms with Crippen LogP contribution in [0.5, 0.6) is 11.5 Å². The van der Waals surface area contributed by atoms with Gasteiger partial charge < -0.3 is 4.74 Å². The van der Waals surface area contributed by atoms with E-state index in [9.17, 15) is 17.4 Å². The number of fused-ring (bicyclic) bond motifs is 2. The Labute approximate surface area is 278 Å². The standard InChI is InChI=1S/C39H37F3NO2PS/c1-37(2,3)47(44)43-34(26-22-24-27(25-23-26)39(40,41)42)30-18-12-19-31-35(30)45-36-32(38(31,4)5)20-13-21-33(36)46(28-14-8-6-9-15-28)29-16-10-7-11-17-29/h6-25,34,43H,1-5H3/t34?,47-/m1/s1. The summed E-state index contributed by atoms with van der Waals surface area (Å²) in [7, 11) is -2.54. The third-order valence-electron chi connectivity index (χ3n) is 8.52. The molecule has 1 aliphatic rings. The van der Waals surface area contributed by atoms with Crippen molar-refractivity contribution in [3.05, 3.63) is 149 Å². The van der Waals surface area contributed by atoms with Crippen molar-refractivity contribution in [2.75, 3.05) is 0 Å². The number of nitrogens with one attached hydrogen (secondary N) is 1. The van der Waals surface area contributed by atoms with Crippen molar-refractivity contribution in [1.82, 2.24) is 4.72 Å². The van der Waals surface area contributed by atoms with Crippen molar-refractivity contribution in [3.8, 4) is 11.5 Å². The highest BCUT2D eigenvalue weighted by Crippen LogP contribution is 2.52. The van der Waals surface area contributed by atoms with Gasteiger partial charge in [0.15, 0.2) is 0 Å². The molecule has 2 atom stereocenters. The molecule has 0 aromatic heterocycles. The number of alkyl halides is 3. The Balaban J connectivity index is 1.54. The van der Waals surface area contributed by atoms with Crippen LogP contribution in [-0.4, -0.2) is 8.96 Å². The van der Waals surface area contributed by atoms with Crippen LogP contribution in [-0.2, 0) is 22.6 Å². The first-order valence-electron chi connectivity index (χ1n) is 15.5. The van der Waals surface area contributed by atoms with Gasteiger partial charge in [0.05, 0.1) is 27.3 Å². The molecule has 5 aromatic carbocycles. The van der Waals surface area contributed by atoms with Crippen molar-refractivity contribution >= 4 is 34.8 Å². The molecule has 0 amide bonds. The highest BCUT2D eigenvalue weighted by molar-refractivity contribution is 7.84. The summed E-state index contributed by atoms with van der Waals surface area (Å²) in [5.74, 6) is 1.40. The van der Waals surface area contributed by atoms with E-state index in [1.165, 1.54) is 22.7 Å². The van der Waals surface area contributed by atoms with Crippen LogP contribution in [0.25, 0.3) is 0 Å². The smallest absolute Gasteiger partial charge is 0.416 e. The summed E-state index contributed by atoms with van der Waals surface area (Å²) >= 11 is 0. The summed E-state index contributed by atoms with van der Waals surface area (Å²) in [5, 5.41) is 3.45. The van der Waals surface area contributed by atoms with Crippen molar-refractivity contribution in [3.63, 3.8) is 0 Å². The fourth-order valence-corrected chi connectivity index (χ4v) is 9.21. The van der Waals surface area contributed by atoms with Gasteiger partial charge in [0.25, 0.3) is 0 Å². The molecule has 5 aromatic rings. The Morgan fingerprint density at radius 2 is 1.23 bits per heavy atom. The summed E-state index contributed by atoms with van der Waals surface area (Å²) < 4.78 is 63.8. The lowest BCUT2D eigenvalue weighted by Gasteiger charge is -2.38. The lowest BCUT2D eigenvalue weighted by Crippen LogP contribution is -2.37. The number of benzene rings is 5. The molecule has 0 aliphatic carbocycles. The average Bonchev–Trinajstić information content (AvgIpc) is 3.04. The number of rotatable bonds is 7. The molecule has 1 heterocycles. The van der Waals surface area contributed by atoms with Crippen LogP contribution in [0.2, 0.25) is 0 Å². The summed E-state index contributed by atoms with van der Waals surface area (Å²) in [6.07, 6.45) is -4.47. The maximum atomic E-state index is 13.6. The molecular formula is C39H37F3NO2PS. The molecule has 0 spiro atoms. The Morgan fingerprint density at radius 3 is 1.77 bits per heavy atom. The van der Waals surface area contributed by atoms with Crippen LogP contribution in [0.4, 0.5) is 13.2 Å². The first-order chi connectivity index (χ1) is 22.3. The molecule has 1 aliphatic heterocycles. The zero-order chi connectivity index (χ0) is 33.6. The van der Waals surface area contributed by atoms with Crippen LogP contribution in [0.1, 0.15) is 68.5 Å². The predicted molar refractivity (Wildman–Crippen MR) is 188 cm³/mol. The number of hydrogen-bond donors (Lipinski definition) is 1. The number of ether oxygens (including phenoxy) is 1. The van der Waals surface area contributed by atoms with E-state index < -0.39 is 46.9 Å². The van der Waals surface area contributed by atoms with E-state index in [0.717, 1.165) is 34.3 Å². The Morgan fingerprint density at radius 1 is 0.702 bits per heavy atom. The normalized spacial score (nSPS) is 15.3. The van der Waals surface area contributed by atoms with E-state index in [4.69, 9.17) is 4.74 Å². The van der Waals surface area contributed by atoms with Gasteiger partial charge in [-0.3, -0.25) is 0 Å². The predicted octanol–water partition coefficient (Wildman–Crippen LogP) is 9.04. The lowest BCUT2D eigenvalue weighted by molar-refractivity contribution is -0.137. The summed E-state index contributed by atoms with van der Waals surface area (Å²) in [6, 6.07) is 37.4. The fraction of sp³-hybridized carbons (Fsp3) is 0.231. The SMILES string of the molecule is CC1(C)c2cccc(C(N[S@](=O)C(C)(C)C)c3ccc(C(F)(F)F)cc3)c2Oc2c(P(c3ccccc3)c3ccccc3)cccc21.